The molecule has 0 radical (unpaired) electrons. The molecule has 0 N–H and O–H groups in total. The number of aromatic nitrogens is 1. The quantitative estimate of drug-likeness (QED) is 0.101. The predicted octanol–water partition coefficient (Wildman–Crippen LogP) is 27.0. The smallest absolute Gasteiger partial charge is 0.0572 e. The van der Waals surface area contributed by atoms with Gasteiger partial charge in [-0.25, -0.2) is 0 Å². The molecule has 0 amide bonds. The molecule has 0 spiro atoms. The lowest BCUT2D eigenvalue weighted by Crippen LogP contribution is -2.33. The summed E-state index contributed by atoms with van der Waals surface area (Å²) in [6.07, 6.45) is 15.8. The lowest BCUT2D eigenvalue weighted by Gasteiger charge is -2.42. The first-order valence-electron chi connectivity index (χ1n) is 36.4. The van der Waals surface area contributed by atoms with Crippen LogP contribution >= 0.6 is 0 Å². The van der Waals surface area contributed by atoms with Gasteiger partial charge in [0.1, 0.15) is 0 Å². The Morgan fingerprint density at radius 2 is 0.901 bits per heavy atom. The molecule has 2 aliphatic heterocycles. The Hall–Kier alpha value is -10.7. The van der Waals surface area contributed by atoms with Crippen LogP contribution in [0, 0.1) is 13.8 Å². The molecular formula is C98H91N3. The number of fused-ring (bicyclic) bond motifs is 6. The largest absolute Gasteiger partial charge is 0.315 e. The summed E-state index contributed by atoms with van der Waals surface area (Å²) in [5, 5.41) is 8.61. The van der Waals surface area contributed by atoms with Gasteiger partial charge in [0.05, 0.1) is 11.2 Å². The van der Waals surface area contributed by atoms with Crippen molar-refractivity contribution >= 4 is 83.2 Å². The highest BCUT2D eigenvalue weighted by Gasteiger charge is 2.42. The Balaban J connectivity index is 0.814. The molecule has 0 saturated carbocycles. The molecular weight excluding hydrogens is 1220 g/mol. The summed E-state index contributed by atoms with van der Waals surface area (Å²) in [6.45, 7) is 37.8. The van der Waals surface area contributed by atoms with Crippen molar-refractivity contribution in [1.82, 2.24) is 4.57 Å². The summed E-state index contributed by atoms with van der Waals surface area (Å²) in [7, 11) is 0. The van der Waals surface area contributed by atoms with Gasteiger partial charge in [0.25, 0.3) is 0 Å². The fourth-order valence-corrected chi connectivity index (χ4v) is 17.5. The second-order valence-electron chi connectivity index (χ2n) is 31.0. The first-order valence-corrected chi connectivity index (χ1v) is 36.4. The van der Waals surface area contributed by atoms with Gasteiger partial charge in [0.2, 0.25) is 0 Å². The first-order chi connectivity index (χ1) is 48.6. The molecule has 4 aliphatic rings. The fraction of sp³-hybridized carbons (Fsp3) is 0.204. The maximum absolute atomic E-state index is 4.55. The number of para-hydroxylation sites is 1. The normalized spacial score (nSPS) is 15.9. The highest BCUT2D eigenvalue weighted by atomic mass is 15.2. The highest BCUT2D eigenvalue weighted by Crippen LogP contribution is 2.55. The van der Waals surface area contributed by atoms with Crippen molar-refractivity contribution in [3.8, 4) is 27.9 Å². The number of hydrogen-bond acceptors (Lipinski definition) is 2. The van der Waals surface area contributed by atoms with Crippen LogP contribution in [-0.4, -0.2) is 4.57 Å². The van der Waals surface area contributed by atoms with Crippen LogP contribution < -0.4 is 9.80 Å². The van der Waals surface area contributed by atoms with Crippen LogP contribution in [0.4, 0.5) is 22.7 Å². The third-order valence-corrected chi connectivity index (χ3v) is 23.5. The molecule has 0 saturated heterocycles. The van der Waals surface area contributed by atoms with E-state index in [-0.39, 0.29) is 21.7 Å². The van der Waals surface area contributed by atoms with Crippen molar-refractivity contribution in [3.63, 3.8) is 0 Å². The number of allylic oxidation sites excluding steroid dienone is 9. The van der Waals surface area contributed by atoms with Crippen molar-refractivity contribution < 1.29 is 0 Å². The summed E-state index contributed by atoms with van der Waals surface area (Å²) < 4.78 is 2.58. The van der Waals surface area contributed by atoms with E-state index in [0.717, 1.165) is 41.3 Å². The number of benzene rings is 11. The van der Waals surface area contributed by atoms with Crippen molar-refractivity contribution in [3.05, 3.63) is 345 Å². The summed E-state index contributed by atoms with van der Waals surface area (Å²) in [6, 6.07) is 85.4. The molecule has 11 aromatic carbocycles. The summed E-state index contributed by atoms with van der Waals surface area (Å²) >= 11 is 0. The topological polar surface area (TPSA) is 11.4 Å². The number of nitrogens with zero attached hydrogens (tertiary/aromatic N) is 3. The van der Waals surface area contributed by atoms with E-state index in [9.17, 15) is 0 Å². The zero-order chi connectivity index (χ0) is 70.2. The summed E-state index contributed by atoms with van der Waals surface area (Å²) in [5.74, 6) is 0. The van der Waals surface area contributed by atoms with Crippen molar-refractivity contribution in [2.45, 2.75) is 131 Å². The molecule has 101 heavy (non-hydrogen) atoms. The van der Waals surface area contributed by atoms with Crippen LogP contribution in [0.5, 0.6) is 0 Å². The monoisotopic (exact) mass is 1310 g/mol. The summed E-state index contributed by atoms with van der Waals surface area (Å²) in [4.78, 5) is 4.90. The van der Waals surface area contributed by atoms with Gasteiger partial charge in [-0.05, 0) is 276 Å². The van der Waals surface area contributed by atoms with E-state index in [1.54, 1.807) is 0 Å². The Kier molecular flexibility index (Phi) is 15.6. The predicted molar refractivity (Wildman–Crippen MR) is 435 cm³/mol. The van der Waals surface area contributed by atoms with Gasteiger partial charge in [0, 0.05) is 67.4 Å². The Morgan fingerprint density at radius 1 is 0.416 bits per heavy atom. The second kappa shape index (κ2) is 24.3. The van der Waals surface area contributed by atoms with Gasteiger partial charge >= 0.3 is 0 Å². The number of anilines is 4. The van der Waals surface area contributed by atoms with Gasteiger partial charge in [0.15, 0.2) is 0 Å². The highest BCUT2D eigenvalue weighted by molar-refractivity contribution is 5.98. The third kappa shape index (κ3) is 10.5. The van der Waals surface area contributed by atoms with Crippen LogP contribution in [0.2, 0.25) is 0 Å². The van der Waals surface area contributed by atoms with E-state index >= 15 is 0 Å². The van der Waals surface area contributed by atoms with E-state index in [1.807, 2.05) is 6.08 Å². The van der Waals surface area contributed by atoms with Gasteiger partial charge in [-0.1, -0.05) is 234 Å². The number of hydrogen-bond donors (Lipinski definition) is 0. The van der Waals surface area contributed by atoms with Crippen molar-refractivity contribution in [2.24, 2.45) is 0 Å². The van der Waals surface area contributed by atoms with Crippen LogP contribution in [0.15, 0.2) is 284 Å². The molecule has 0 atom stereocenters. The van der Waals surface area contributed by atoms with Crippen molar-refractivity contribution in [2.75, 3.05) is 9.80 Å². The standard InChI is InChI=1S/C98H91N3/c1-16-19-27-68-50-79(42-36-61(68)4)100(80-43-37-65-28-20-23-31-69(65)51-80)77(17-2)58-88-64(7)84-47-41-73(56-91(84)98(88,14)15)75-54-85-62(5)48-74(49-76-60-99-93(85)92(57-75)96(10,11)87-35-26-34-86(94(87)99)95(76,8)9)72-40-46-83-63(6)89(97(12,13)90(83)55-72)59-78(18-3)101(81-44-38-66-29-21-24-32-70(66)52-81)82-45-39-67-30-22-25-33-71(67)53-82/h17,19-60H,2,16,18H2,1,3-15H3/b27-19-,62-48?,74-49?,77-58+,78-59+. The van der Waals surface area contributed by atoms with E-state index in [4.69, 9.17) is 0 Å². The molecule has 12 aromatic rings. The van der Waals surface area contributed by atoms with E-state index < -0.39 is 0 Å². The lowest BCUT2D eigenvalue weighted by atomic mass is 9.68. The average molecular weight is 1310 g/mol. The number of rotatable bonds is 14. The minimum atomic E-state index is -0.341. The zero-order valence-electron chi connectivity index (χ0n) is 61.3. The van der Waals surface area contributed by atoms with Crippen molar-refractivity contribution in [1.29, 1.82) is 0 Å². The molecule has 0 unspecified atom stereocenters. The second-order valence-corrected chi connectivity index (χ2v) is 31.0. The van der Waals surface area contributed by atoms with E-state index in [0.29, 0.717) is 0 Å². The van der Waals surface area contributed by atoms with Crippen LogP contribution in [0.1, 0.15) is 157 Å². The summed E-state index contributed by atoms with van der Waals surface area (Å²) in [5.41, 5.74) is 32.6. The van der Waals surface area contributed by atoms with E-state index in [2.05, 4.69) is 373 Å². The molecule has 0 fully saturated rings. The third-order valence-electron chi connectivity index (χ3n) is 23.5. The molecule has 3 heterocycles. The van der Waals surface area contributed by atoms with Crippen LogP contribution in [0.3, 0.4) is 0 Å². The maximum atomic E-state index is 4.55. The molecule has 3 heteroatoms. The Bertz CT molecular complexity index is 5680. The van der Waals surface area contributed by atoms with Gasteiger partial charge in [-0.15, -0.1) is 0 Å². The molecule has 3 nitrogen and oxygen atoms in total. The minimum absolute atomic E-state index is 0.286. The van der Waals surface area contributed by atoms with Gasteiger partial charge < -0.3 is 14.4 Å². The lowest BCUT2D eigenvalue weighted by molar-refractivity contribution is 0.583. The first kappa shape index (κ1) is 64.9. The van der Waals surface area contributed by atoms with Gasteiger partial charge in [-0.3, -0.25) is 0 Å². The number of aryl methyl sites for hydroxylation is 2. The minimum Gasteiger partial charge on any atom is -0.315 e. The molecule has 2 aliphatic carbocycles. The molecule has 16 rings (SSSR count). The Morgan fingerprint density at radius 3 is 1.44 bits per heavy atom. The molecule has 2 bridgehead atoms. The van der Waals surface area contributed by atoms with Gasteiger partial charge in [-0.2, -0.15) is 0 Å². The fourth-order valence-electron chi connectivity index (χ4n) is 17.5. The zero-order valence-corrected chi connectivity index (χ0v) is 61.3. The van der Waals surface area contributed by atoms with Crippen LogP contribution in [-0.2, 0) is 21.7 Å². The average Bonchev–Trinajstić information content (AvgIpc) is 1.68. The van der Waals surface area contributed by atoms with E-state index in [1.165, 1.54) is 160 Å². The van der Waals surface area contributed by atoms with Crippen LogP contribution in [0.25, 0.3) is 88.4 Å². The Labute approximate surface area is 598 Å². The molecule has 1 aromatic heterocycles. The molecule has 498 valence electrons. The SMILES string of the molecule is C=C/C(=C\C1=C(C)c2ccc(-c3cc4c5c(c3)c(C)cc(-c3ccc6c(c3)C(C)(C)C(/C=C(\CC)N(c3ccc7ccccc7c3)c3ccc7ccccc7c3)=C6C)cc3cn5-c5c(cccc5C4(C)C)C3(C)C)cc2C1(C)C)N(c1ccc(C)c(/C=C\CC)c1)c1ccc2ccccc2c1. The maximum Gasteiger partial charge on any atom is 0.0572 e.